The first kappa shape index (κ1) is 33.6. The molecule has 0 atom stereocenters. The summed E-state index contributed by atoms with van der Waals surface area (Å²) in [6, 6.07) is 80.6. The predicted octanol–water partition coefficient (Wildman–Crippen LogP) is 16.0. The SMILES string of the molecule is c1ccc(-c2ccccc2N(c2ccc(-c3cccc(-c4cccc5ccccc45)c3)cc2)c2ccccc2-c2cccc3c2oc2cc4ccccc4cc23)cc1. The van der Waals surface area contributed by atoms with Crippen LogP contribution in [0, 0.1) is 0 Å². The van der Waals surface area contributed by atoms with Crippen molar-refractivity contribution in [2.24, 2.45) is 0 Å². The molecule has 2 heteroatoms. The zero-order valence-corrected chi connectivity index (χ0v) is 31.7. The van der Waals surface area contributed by atoms with Gasteiger partial charge in [0, 0.05) is 33.2 Å². The summed E-state index contributed by atoms with van der Waals surface area (Å²) in [5.41, 5.74) is 14.2. The Kier molecular flexibility index (Phi) is 8.19. The minimum Gasteiger partial charge on any atom is -0.455 e. The molecule has 272 valence electrons. The maximum absolute atomic E-state index is 6.80. The van der Waals surface area contributed by atoms with Crippen molar-refractivity contribution in [2.75, 3.05) is 4.90 Å². The molecule has 2 nitrogen and oxygen atoms in total. The Balaban J connectivity index is 1.07. The summed E-state index contributed by atoms with van der Waals surface area (Å²) < 4.78 is 6.80. The van der Waals surface area contributed by atoms with Gasteiger partial charge in [-0.3, -0.25) is 0 Å². The summed E-state index contributed by atoms with van der Waals surface area (Å²) in [6.45, 7) is 0. The van der Waals surface area contributed by atoms with Crippen molar-refractivity contribution in [3.05, 3.63) is 224 Å². The maximum Gasteiger partial charge on any atom is 0.143 e. The van der Waals surface area contributed by atoms with E-state index >= 15 is 0 Å². The van der Waals surface area contributed by atoms with Gasteiger partial charge in [0.25, 0.3) is 0 Å². The van der Waals surface area contributed by atoms with Crippen LogP contribution >= 0.6 is 0 Å². The molecule has 0 aliphatic heterocycles. The zero-order chi connectivity index (χ0) is 38.4. The fourth-order valence-electron chi connectivity index (χ4n) is 8.68. The van der Waals surface area contributed by atoms with E-state index < -0.39 is 0 Å². The van der Waals surface area contributed by atoms with E-state index in [1.807, 2.05) is 0 Å². The van der Waals surface area contributed by atoms with Crippen molar-refractivity contribution >= 4 is 60.5 Å². The largest absolute Gasteiger partial charge is 0.455 e. The highest BCUT2D eigenvalue weighted by atomic mass is 16.3. The molecule has 1 heterocycles. The average molecular weight is 740 g/mol. The molecule has 0 fully saturated rings. The van der Waals surface area contributed by atoms with Crippen molar-refractivity contribution in [1.29, 1.82) is 0 Å². The van der Waals surface area contributed by atoms with Crippen molar-refractivity contribution in [2.45, 2.75) is 0 Å². The standard InChI is InChI=1S/C56H37NO/c1-2-15-40(16-3-1)48-24-8-10-29-53(48)57(45-33-31-38(32-34-45)41-21-12-22-44(35-41)47-26-13-20-39-17-6-7-23-46(39)47)54-30-11-9-25-49(54)50-27-14-28-51-52-36-42-18-4-5-19-43(42)37-55(52)58-56(50)51/h1-37H. The van der Waals surface area contributed by atoms with Crippen LogP contribution in [-0.4, -0.2) is 0 Å². The molecule has 0 saturated heterocycles. The molecule has 11 rings (SSSR count). The van der Waals surface area contributed by atoms with Crippen LogP contribution < -0.4 is 4.90 Å². The molecular weight excluding hydrogens is 703 g/mol. The molecule has 10 aromatic carbocycles. The number of para-hydroxylation sites is 3. The number of hydrogen-bond donors (Lipinski definition) is 0. The summed E-state index contributed by atoms with van der Waals surface area (Å²) in [6.07, 6.45) is 0. The molecular formula is C56H37NO. The van der Waals surface area contributed by atoms with E-state index in [-0.39, 0.29) is 0 Å². The van der Waals surface area contributed by atoms with E-state index in [0.717, 1.165) is 66.8 Å². The molecule has 0 aliphatic rings. The van der Waals surface area contributed by atoms with Crippen LogP contribution in [0.5, 0.6) is 0 Å². The Morgan fingerprint density at radius 3 is 1.67 bits per heavy atom. The van der Waals surface area contributed by atoms with Gasteiger partial charge in [0.2, 0.25) is 0 Å². The van der Waals surface area contributed by atoms with Crippen molar-refractivity contribution in [1.82, 2.24) is 0 Å². The maximum atomic E-state index is 6.80. The van der Waals surface area contributed by atoms with E-state index in [1.54, 1.807) is 0 Å². The van der Waals surface area contributed by atoms with E-state index in [9.17, 15) is 0 Å². The van der Waals surface area contributed by atoms with Crippen LogP contribution in [0.25, 0.3) is 88.0 Å². The van der Waals surface area contributed by atoms with Crippen LogP contribution in [0.15, 0.2) is 229 Å². The Hall–Kier alpha value is -7.68. The number of fused-ring (bicyclic) bond motifs is 5. The van der Waals surface area contributed by atoms with Crippen LogP contribution in [0.2, 0.25) is 0 Å². The van der Waals surface area contributed by atoms with Gasteiger partial charge in [-0.25, -0.2) is 0 Å². The van der Waals surface area contributed by atoms with Crippen molar-refractivity contribution in [3.63, 3.8) is 0 Å². The lowest BCUT2D eigenvalue weighted by Crippen LogP contribution is -2.12. The molecule has 0 amide bonds. The lowest BCUT2D eigenvalue weighted by atomic mass is 9.95. The number of hydrogen-bond acceptors (Lipinski definition) is 2. The van der Waals surface area contributed by atoms with E-state index in [2.05, 4.69) is 229 Å². The second-order valence-electron chi connectivity index (χ2n) is 14.9. The van der Waals surface area contributed by atoms with Gasteiger partial charge in [0.1, 0.15) is 11.2 Å². The fourth-order valence-corrected chi connectivity index (χ4v) is 8.68. The molecule has 0 N–H and O–H groups in total. The number of nitrogens with zero attached hydrogens (tertiary/aromatic N) is 1. The third-order valence-electron chi connectivity index (χ3n) is 11.5. The summed E-state index contributed by atoms with van der Waals surface area (Å²) in [4.78, 5) is 2.41. The second-order valence-corrected chi connectivity index (χ2v) is 14.9. The van der Waals surface area contributed by atoms with Gasteiger partial charge >= 0.3 is 0 Å². The van der Waals surface area contributed by atoms with Crippen molar-refractivity contribution < 1.29 is 4.42 Å². The minimum atomic E-state index is 0.887. The topological polar surface area (TPSA) is 16.4 Å². The number of anilines is 3. The second kappa shape index (κ2) is 14.1. The molecule has 11 aromatic rings. The fraction of sp³-hybridized carbons (Fsp3) is 0. The first-order valence-corrected chi connectivity index (χ1v) is 19.8. The van der Waals surface area contributed by atoms with E-state index in [1.165, 1.54) is 38.2 Å². The average Bonchev–Trinajstić information content (AvgIpc) is 3.66. The minimum absolute atomic E-state index is 0.887. The molecule has 0 unspecified atom stereocenters. The lowest BCUT2D eigenvalue weighted by Gasteiger charge is -2.30. The highest BCUT2D eigenvalue weighted by Crippen LogP contribution is 2.47. The van der Waals surface area contributed by atoms with E-state index in [4.69, 9.17) is 4.42 Å². The van der Waals surface area contributed by atoms with Crippen LogP contribution in [-0.2, 0) is 0 Å². The quantitative estimate of drug-likeness (QED) is 0.162. The van der Waals surface area contributed by atoms with Gasteiger partial charge in [-0.05, 0) is 91.8 Å². The molecule has 0 aliphatic carbocycles. The molecule has 0 bridgehead atoms. The third-order valence-corrected chi connectivity index (χ3v) is 11.5. The van der Waals surface area contributed by atoms with E-state index in [0.29, 0.717) is 0 Å². The number of furan rings is 1. The van der Waals surface area contributed by atoms with Gasteiger partial charge in [-0.2, -0.15) is 0 Å². The first-order chi connectivity index (χ1) is 28.8. The van der Waals surface area contributed by atoms with Gasteiger partial charge in [-0.1, -0.05) is 182 Å². The summed E-state index contributed by atoms with van der Waals surface area (Å²) >= 11 is 0. The highest BCUT2D eigenvalue weighted by molar-refractivity contribution is 6.14. The normalized spacial score (nSPS) is 11.4. The van der Waals surface area contributed by atoms with Crippen LogP contribution in [0.4, 0.5) is 17.1 Å². The van der Waals surface area contributed by atoms with Gasteiger partial charge in [0.05, 0.1) is 11.4 Å². The van der Waals surface area contributed by atoms with Gasteiger partial charge < -0.3 is 9.32 Å². The smallest absolute Gasteiger partial charge is 0.143 e. The predicted molar refractivity (Wildman–Crippen MR) is 245 cm³/mol. The zero-order valence-electron chi connectivity index (χ0n) is 31.7. The summed E-state index contributed by atoms with van der Waals surface area (Å²) in [5, 5.41) is 7.12. The van der Waals surface area contributed by atoms with Gasteiger partial charge in [0.15, 0.2) is 0 Å². The molecule has 0 radical (unpaired) electrons. The van der Waals surface area contributed by atoms with Gasteiger partial charge in [-0.15, -0.1) is 0 Å². The Morgan fingerprint density at radius 1 is 0.293 bits per heavy atom. The summed E-state index contributed by atoms with van der Waals surface area (Å²) in [5.74, 6) is 0. The molecule has 0 saturated carbocycles. The molecule has 58 heavy (non-hydrogen) atoms. The van der Waals surface area contributed by atoms with Crippen molar-refractivity contribution in [3.8, 4) is 44.5 Å². The molecule has 0 spiro atoms. The Labute approximate surface area is 337 Å². The first-order valence-electron chi connectivity index (χ1n) is 19.8. The third kappa shape index (κ3) is 5.82. The van der Waals surface area contributed by atoms with Crippen LogP contribution in [0.3, 0.4) is 0 Å². The van der Waals surface area contributed by atoms with Crippen LogP contribution in [0.1, 0.15) is 0 Å². The lowest BCUT2D eigenvalue weighted by molar-refractivity contribution is 0.670. The molecule has 1 aromatic heterocycles. The Morgan fingerprint density at radius 2 is 0.845 bits per heavy atom. The highest BCUT2D eigenvalue weighted by Gasteiger charge is 2.22. The monoisotopic (exact) mass is 739 g/mol. The number of benzene rings is 10. The Bertz CT molecular complexity index is 3280. The number of rotatable bonds is 7. The summed E-state index contributed by atoms with van der Waals surface area (Å²) in [7, 11) is 0.